The number of fused-ring (bicyclic) bond motifs is 3. The summed E-state index contributed by atoms with van der Waals surface area (Å²) in [7, 11) is 1.81. The maximum atomic E-state index is 12.5. The Labute approximate surface area is 165 Å². The molecule has 0 saturated heterocycles. The molecule has 3 aromatic rings. The maximum absolute atomic E-state index is 12.5. The highest BCUT2D eigenvalue weighted by molar-refractivity contribution is 7.18. The number of aryl methyl sites for hydroxylation is 2. The molecular formula is C19H19ClN4O2S. The lowest BCUT2D eigenvalue weighted by Crippen LogP contribution is -2.31. The lowest BCUT2D eigenvalue weighted by Gasteiger charge is -2.16. The standard InChI is InChI=1S/C19H19ClN4O2S/c1-24(10-16(25)21-13-7-3-2-6-12(13)20)9-15-22-18(26)17-11-5-4-8-14(11)27-19(17)23-15/h2-3,6-7H,4-5,8-10H2,1H3,(H,21,25)(H,22,23,26). The van der Waals surface area contributed by atoms with E-state index in [0.29, 0.717) is 23.1 Å². The maximum Gasteiger partial charge on any atom is 0.259 e. The number of aromatic nitrogens is 2. The van der Waals surface area contributed by atoms with Gasteiger partial charge in [0.2, 0.25) is 5.91 Å². The van der Waals surface area contributed by atoms with Crippen LogP contribution in [0.25, 0.3) is 10.2 Å². The van der Waals surface area contributed by atoms with Gasteiger partial charge in [-0.2, -0.15) is 0 Å². The molecular weight excluding hydrogens is 384 g/mol. The Morgan fingerprint density at radius 3 is 3.00 bits per heavy atom. The molecule has 1 aliphatic rings. The number of thiophene rings is 1. The van der Waals surface area contributed by atoms with Gasteiger partial charge in [-0.25, -0.2) is 4.98 Å². The summed E-state index contributed by atoms with van der Waals surface area (Å²) in [6, 6.07) is 7.10. The third-order valence-corrected chi connectivity index (χ3v) is 6.12. The largest absolute Gasteiger partial charge is 0.324 e. The van der Waals surface area contributed by atoms with Gasteiger partial charge < -0.3 is 10.3 Å². The van der Waals surface area contributed by atoms with Gasteiger partial charge in [0.05, 0.1) is 29.2 Å². The highest BCUT2D eigenvalue weighted by Gasteiger charge is 2.21. The molecule has 0 aliphatic heterocycles. The van der Waals surface area contributed by atoms with E-state index in [1.54, 1.807) is 28.4 Å². The molecule has 1 aliphatic carbocycles. The van der Waals surface area contributed by atoms with Crippen molar-refractivity contribution in [2.45, 2.75) is 25.8 Å². The van der Waals surface area contributed by atoms with Crippen molar-refractivity contribution in [3.05, 3.63) is 55.9 Å². The van der Waals surface area contributed by atoms with Crippen LogP contribution in [0.1, 0.15) is 22.7 Å². The molecule has 2 heterocycles. The number of hydrogen-bond donors (Lipinski definition) is 2. The van der Waals surface area contributed by atoms with Crippen molar-refractivity contribution in [2.24, 2.45) is 0 Å². The molecule has 0 unspecified atom stereocenters. The Morgan fingerprint density at radius 2 is 2.19 bits per heavy atom. The van der Waals surface area contributed by atoms with Crippen molar-refractivity contribution in [1.29, 1.82) is 0 Å². The molecule has 4 rings (SSSR count). The zero-order valence-electron chi connectivity index (χ0n) is 14.8. The van der Waals surface area contributed by atoms with Crippen LogP contribution in [0.2, 0.25) is 5.02 Å². The Bertz CT molecular complexity index is 1080. The topological polar surface area (TPSA) is 78.1 Å². The summed E-state index contributed by atoms with van der Waals surface area (Å²) in [5.41, 5.74) is 1.67. The number of carbonyl (C=O) groups excluding carboxylic acids is 1. The number of para-hydroxylation sites is 1. The fourth-order valence-corrected chi connectivity index (χ4v) is 4.89. The van der Waals surface area contributed by atoms with E-state index in [9.17, 15) is 9.59 Å². The van der Waals surface area contributed by atoms with Crippen LogP contribution in [-0.4, -0.2) is 34.4 Å². The second kappa shape index (κ2) is 7.42. The molecule has 0 bridgehead atoms. The number of hydrogen-bond acceptors (Lipinski definition) is 5. The van der Waals surface area contributed by atoms with E-state index in [-0.39, 0.29) is 18.0 Å². The summed E-state index contributed by atoms with van der Waals surface area (Å²) in [5.74, 6) is 0.393. The number of anilines is 1. The number of rotatable bonds is 5. The number of halogens is 1. The van der Waals surface area contributed by atoms with Crippen LogP contribution in [0.15, 0.2) is 29.1 Å². The second-order valence-electron chi connectivity index (χ2n) is 6.75. The molecule has 1 aromatic carbocycles. The van der Waals surface area contributed by atoms with Gasteiger partial charge in [0, 0.05) is 4.88 Å². The molecule has 0 spiro atoms. The van der Waals surface area contributed by atoms with E-state index in [1.165, 1.54) is 10.4 Å². The molecule has 2 aromatic heterocycles. The van der Waals surface area contributed by atoms with Crippen LogP contribution >= 0.6 is 22.9 Å². The molecule has 0 saturated carbocycles. The fraction of sp³-hybridized carbons (Fsp3) is 0.316. The van der Waals surface area contributed by atoms with Gasteiger partial charge >= 0.3 is 0 Å². The minimum atomic E-state index is -0.177. The molecule has 8 heteroatoms. The minimum absolute atomic E-state index is 0.0803. The Morgan fingerprint density at radius 1 is 1.37 bits per heavy atom. The van der Waals surface area contributed by atoms with Gasteiger partial charge in [0.25, 0.3) is 5.56 Å². The Kier molecular flexibility index (Phi) is 4.99. The highest BCUT2D eigenvalue weighted by atomic mass is 35.5. The quantitative estimate of drug-likeness (QED) is 0.687. The first-order chi connectivity index (χ1) is 13.0. The number of H-pyrrole nitrogens is 1. The lowest BCUT2D eigenvalue weighted by molar-refractivity contribution is -0.117. The number of likely N-dealkylation sites (N-methyl/N-ethyl adjacent to an activating group) is 1. The summed E-state index contributed by atoms with van der Waals surface area (Å²) >= 11 is 7.68. The van der Waals surface area contributed by atoms with Crippen LogP contribution < -0.4 is 10.9 Å². The van der Waals surface area contributed by atoms with Crippen molar-refractivity contribution in [3.8, 4) is 0 Å². The van der Waals surface area contributed by atoms with Crippen LogP contribution in [0.3, 0.4) is 0 Å². The van der Waals surface area contributed by atoms with Crippen molar-refractivity contribution < 1.29 is 4.79 Å². The monoisotopic (exact) mass is 402 g/mol. The first-order valence-corrected chi connectivity index (χ1v) is 9.97. The van der Waals surface area contributed by atoms with E-state index < -0.39 is 0 Å². The normalized spacial score (nSPS) is 13.3. The lowest BCUT2D eigenvalue weighted by atomic mass is 10.2. The average Bonchev–Trinajstić information content (AvgIpc) is 3.17. The van der Waals surface area contributed by atoms with Crippen molar-refractivity contribution in [3.63, 3.8) is 0 Å². The van der Waals surface area contributed by atoms with E-state index in [4.69, 9.17) is 11.6 Å². The minimum Gasteiger partial charge on any atom is -0.324 e. The summed E-state index contributed by atoms with van der Waals surface area (Å²) in [4.78, 5) is 36.1. The number of nitrogens with one attached hydrogen (secondary N) is 2. The first kappa shape index (κ1) is 18.2. The summed E-state index contributed by atoms with van der Waals surface area (Å²) < 4.78 is 0. The molecule has 0 atom stereocenters. The Hall–Kier alpha value is -2.22. The average molecular weight is 403 g/mol. The van der Waals surface area contributed by atoms with Crippen molar-refractivity contribution in [1.82, 2.24) is 14.9 Å². The summed E-state index contributed by atoms with van der Waals surface area (Å²) in [5, 5.41) is 4.03. The van der Waals surface area contributed by atoms with Gasteiger partial charge in [-0.05, 0) is 44.0 Å². The second-order valence-corrected chi connectivity index (χ2v) is 8.24. The van der Waals surface area contributed by atoms with E-state index in [2.05, 4.69) is 15.3 Å². The van der Waals surface area contributed by atoms with Crippen molar-refractivity contribution >= 4 is 44.7 Å². The Balaban J connectivity index is 1.45. The highest BCUT2D eigenvalue weighted by Crippen LogP contribution is 2.34. The number of benzene rings is 1. The molecule has 2 N–H and O–H groups in total. The third kappa shape index (κ3) is 3.76. The smallest absolute Gasteiger partial charge is 0.259 e. The zero-order valence-corrected chi connectivity index (χ0v) is 16.4. The first-order valence-electron chi connectivity index (χ1n) is 8.77. The predicted molar refractivity (Wildman–Crippen MR) is 109 cm³/mol. The molecule has 6 nitrogen and oxygen atoms in total. The van der Waals surface area contributed by atoms with Gasteiger partial charge in [-0.1, -0.05) is 23.7 Å². The zero-order chi connectivity index (χ0) is 19.0. The number of amides is 1. The summed E-state index contributed by atoms with van der Waals surface area (Å²) in [6.07, 6.45) is 3.11. The van der Waals surface area contributed by atoms with Gasteiger partial charge in [0.1, 0.15) is 10.7 Å². The third-order valence-electron chi connectivity index (χ3n) is 4.61. The molecule has 140 valence electrons. The summed E-state index contributed by atoms with van der Waals surface area (Å²) in [6.45, 7) is 0.539. The van der Waals surface area contributed by atoms with Gasteiger partial charge in [0.15, 0.2) is 0 Å². The van der Waals surface area contributed by atoms with Crippen LogP contribution in [0.4, 0.5) is 5.69 Å². The fourth-order valence-electron chi connectivity index (χ4n) is 3.43. The van der Waals surface area contributed by atoms with E-state index in [1.807, 2.05) is 19.2 Å². The van der Waals surface area contributed by atoms with Crippen LogP contribution in [0.5, 0.6) is 0 Å². The van der Waals surface area contributed by atoms with E-state index >= 15 is 0 Å². The molecule has 1 amide bonds. The van der Waals surface area contributed by atoms with Crippen LogP contribution in [0, 0.1) is 0 Å². The number of nitrogens with zero attached hydrogens (tertiary/aromatic N) is 2. The molecule has 27 heavy (non-hydrogen) atoms. The number of carbonyl (C=O) groups is 1. The van der Waals surface area contributed by atoms with Gasteiger partial charge in [-0.15, -0.1) is 11.3 Å². The van der Waals surface area contributed by atoms with Gasteiger partial charge in [-0.3, -0.25) is 14.5 Å². The number of aromatic amines is 1. The molecule has 0 fully saturated rings. The van der Waals surface area contributed by atoms with E-state index in [0.717, 1.165) is 29.5 Å². The van der Waals surface area contributed by atoms with Crippen LogP contribution in [-0.2, 0) is 24.2 Å². The predicted octanol–water partition coefficient (Wildman–Crippen LogP) is 3.20. The molecule has 0 radical (unpaired) electrons. The SMILES string of the molecule is CN(CC(=O)Nc1ccccc1Cl)Cc1nc2sc3c(c2c(=O)[nH]1)CCC3. The van der Waals surface area contributed by atoms with Crippen molar-refractivity contribution in [2.75, 3.05) is 18.9 Å².